The summed E-state index contributed by atoms with van der Waals surface area (Å²) in [5.41, 5.74) is 0. The van der Waals surface area contributed by atoms with E-state index in [0.29, 0.717) is 22.2 Å². The Morgan fingerprint density at radius 3 is 2.41 bits per heavy atom. The molecule has 0 aromatic rings. The third-order valence-corrected chi connectivity index (χ3v) is 8.46. The molecule has 5 nitrogen and oxygen atoms in total. The highest BCUT2D eigenvalue weighted by Crippen LogP contribution is 2.33. The van der Waals surface area contributed by atoms with E-state index in [2.05, 4.69) is 14.9 Å². The molecular formula is C20H30ClN3O2S. The largest absolute Gasteiger partial charge is 0.393 e. The summed E-state index contributed by atoms with van der Waals surface area (Å²) in [5, 5.41) is 11.9. The molecule has 0 aromatic carbocycles. The molecule has 0 amide bonds. The molecule has 4 atom stereocenters. The van der Waals surface area contributed by atoms with Gasteiger partial charge in [-0.25, -0.2) is 9.98 Å². The first kappa shape index (κ1) is 19.6. The molecule has 7 heteroatoms. The molecule has 3 heterocycles. The molecule has 1 saturated carbocycles. The minimum absolute atomic E-state index is 0.151. The van der Waals surface area contributed by atoms with Gasteiger partial charge in [-0.3, -0.25) is 4.21 Å². The molecule has 150 valence electrons. The number of fused-ring (bicyclic) bond motifs is 1. The Bertz CT molecular complexity index is 650. The molecule has 1 aliphatic carbocycles. The van der Waals surface area contributed by atoms with E-state index in [1.165, 1.54) is 44.9 Å². The number of halogens is 1. The van der Waals surface area contributed by atoms with Crippen molar-refractivity contribution in [3.05, 3.63) is 11.2 Å². The molecule has 4 unspecified atom stereocenters. The molecule has 0 bridgehead atoms. The van der Waals surface area contributed by atoms with E-state index in [1.54, 1.807) is 12.3 Å². The second kappa shape index (κ2) is 8.75. The predicted octanol–water partition coefficient (Wildman–Crippen LogP) is 3.44. The van der Waals surface area contributed by atoms with Crippen LogP contribution in [0.1, 0.15) is 57.8 Å². The summed E-state index contributed by atoms with van der Waals surface area (Å²) in [5.74, 6) is 0.824. The van der Waals surface area contributed by atoms with Crippen molar-refractivity contribution in [1.29, 1.82) is 0 Å². The van der Waals surface area contributed by atoms with Crippen molar-refractivity contribution < 1.29 is 9.32 Å². The van der Waals surface area contributed by atoms with Crippen LogP contribution in [0, 0.1) is 11.8 Å². The van der Waals surface area contributed by atoms with Gasteiger partial charge in [0.05, 0.1) is 22.2 Å². The topological polar surface area (TPSA) is 65.3 Å². The van der Waals surface area contributed by atoms with Crippen LogP contribution in [-0.2, 0) is 10.8 Å². The van der Waals surface area contributed by atoms with Gasteiger partial charge in [0.15, 0.2) is 5.17 Å². The van der Waals surface area contributed by atoms with Gasteiger partial charge in [0, 0.05) is 19.3 Å². The minimum atomic E-state index is -1.16. The van der Waals surface area contributed by atoms with Gasteiger partial charge in [-0.05, 0) is 43.6 Å². The number of likely N-dealkylation sites (tertiary alicyclic amines) is 1. The van der Waals surface area contributed by atoms with E-state index >= 15 is 0 Å². The van der Waals surface area contributed by atoms with Gasteiger partial charge < -0.3 is 10.0 Å². The van der Waals surface area contributed by atoms with Crippen LogP contribution in [0.3, 0.4) is 0 Å². The van der Waals surface area contributed by atoms with Crippen LogP contribution >= 0.6 is 11.6 Å². The summed E-state index contributed by atoms with van der Waals surface area (Å²) >= 11 is 5.97. The quantitative estimate of drug-likeness (QED) is 0.708. The summed E-state index contributed by atoms with van der Waals surface area (Å²) < 4.78 is 12.8. The number of hydrogen-bond donors (Lipinski definition) is 1. The number of aliphatic imine (C=N–C) groups is 2. The molecule has 0 radical (unpaired) electrons. The summed E-state index contributed by atoms with van der Waals surface area (Å²) in [6.45, 7) is 1.65. The fourth-order valence-corrected chi connectivity index (χ4v) is 6.77. The molecule has 2 fully saturated rings. The van der Waals surface area contributed by atoms with Crippen LogP contribution in [-0.4, -0.2) is 56.1 Å². The van der Waals surface area contributed by atoms with Gasteiger partial charge in [0.25, 0.3) is 0 Å². The highest BCUT2D eigenvalue weighted by Gasteiger charge is 2.40. The van der Waals surface area contributed by atoms with Crippen molar-refractivity contribution in [2.45, 2.75) is 75.2 Å². The van der Waals surface area contributed by atoms with Crippen molar-refractivity contribution in [3.63, 3.8) is 0 Å². The lowest BCUT2D eigenvalue weighted by atomic mass is 9.79. The van der Waals surface area contributed by atoms with Crippen molar-refractivity contribution in [2.24, 2.45) is 21.8 Å². The number of aliphatic hydroxyl groups is 1. The molecule has 0 spiro atoms. The van der Waals surface area contributed by atoms with E-state index in [4.69, 9.17) is 11.6 Å². The lowest BCUT2D eigenvalue weighted by molar-refractivity contribution is 0.0172. The number of hydrogen-bond acceptors (Lipinski definition) is 5. The van der Waals surface area contributed by atoms with E-state index in [-0.39, 0.29) is 17.4 Å². The first-order chi connectivity index (χ1) is 13.1. The van der Waals surface area contributed by atoms with Crippen LogP contribution in [0.5, 0.6) is 0 Å². The zero-order chi connectivity index (χ0) is 18.8. The Morgan fingerprint density at radius 1 is 1.07 bits per heavy atom. The standard InChI is InChI=1S/C20H30ClN3O2S/c21-18-12-17-16(13-22-18)23-20(27(17)26)24-10-8-15(9-11-24)19(25)14-6-4-2-1-3-5-7-14/h12-17,19,25H,1-11H2. The Labute approximate surface area is 169 Å². The fraction of sp³-hybridized carbons (Fsp3) is 0.800. The molecule has 0 aromatic heterocycles. The van der Waals surface area contributed by atoms with E-state index in [9.17, 15) is 9.32 Å². The predicted molar refractivity (Wildman–Crippen MR) is 112 cm³/mol. The molecule has 1 N–H and O–H groups in total. The zero-order valence-corrected chi connectivity index (χ0v) is 17.4. The smallest absolute Gasteiger partial charge is 0.191 e. The Morgan fingerprint density at radius 2 is 1.70 bits per heavy atom. The number of rotatable bonds is 2. The van der Waals surface area contributed by atoms with Crippen molar-refractivity contribution >= 4 is 33.8 Å². The highest BCUT2D eigenvalue weighted by atomic mass is 35.5. The van der Waals surface area contributed by atoms with Crippen LogP contribution in [0.2, 0.25) is 0 Å². The van der Waals surface area contributed by atoms with Gasteiger partial charge in [-0.15, -0.1) is 0 Å². The monoisotopic (exact) mass is 411 g/mol. The summed E-state index contributed by atoms with van der Waals surface area (Å²) in [7, 11) is -1.16. The third-order valence-electron chi connectivity index (χ3n) is 6.60. The third kappa shape index (κ3) is 4.33. The van der Waals surface area contributed by atoms with E-state index in [0.717, 1.165) is 25.9 Å². The molecule has 1 saturated heterocycles. The van der Waals surface area contributed by atoms with Gasteiger partial charge in [0.1, 0.15) is 11.2 Å². The Hall–Kier alpha value is -0.720. The maximum atomic E-state index is 12.8. The highest BCUT2D eigenvalue weighted by molar-refractivity contribution is 8.01. The molecule has 4 aliphatic rings. The zero-order valence-electron chi connectivity index (χ0n) is 15.8. The maximum Gasteiger partial charge on any atom is 0.191 e. The Balaban J connectivity index is 1.34. The van der Waals surface area contributed by atoms with Crippen molar-refractivity contribution in [2.75, 3.05) is 13.1 Å². The van der Waals surface area contributed by atoms with E-state index in [1.807, 2.05) is 0 Å². The summed E-state index contributed by atoms with van der Waals surface area (Å²) in [6.07, 6.45) is 14.1. The number of nitrogens with zero attached hydrogens (tertiary/aromatic N) is 3. The van der Waals surface area contributed by atoms with Gasteiger partial charge in [-0.2, -0.15) is 0 Å². The first-order valence-corrected chi connectivity index (χ1v) is 12.1. The van der Waals surface area contributed by atoms with Crippen LogP contribution in [0.25, 0.3) is 0 Å². The summed E-state index contributed by atoms with van der Waals surface area (Å²) in [4.78, 5) is 10.9. The summed E-state index contributed by atoms with van der Waals surface area (Å²) in [6, 6.07) is -0.151. The lowest BCUT2D eigenvalue weighted by Gasteiger charge is -2.38. The van der Waals surface area contributed by atoms with Crippen LogP contribution in [0.15, 0.2) is 21.2 Å². The average Bonchev–Trinajstić information content (AvgIpc) is 2.97. The fourth-order valence-electron chi connectivity index (χ4n) is 4.96. The number of amidine groups is 1. The lowest BCUT2D eigenvalue weighted by Crippen LogP contribution is -2.44. The Kier molecular flexibility index (Phi) is 6.35. The first-order valence-electron chi connectivity index (χ1n) is 10.5. The molecule has 3 aliphatic heterocycles. The van der Waals surface area contributed by atoms with Crippen molar-refractivity contribution in [3.8, 4) is 0 Å². The van der Waals surface area contributed by atoms with Crippen LogP contribution in [0.4, 0.5) is 0 Å². The second-order valence-corrected chi connectivity index (χ2v) is 10.2. The van der Waals surface area contributed by atoms with Gasteiger partial charge in [0.2, 0.25) is 0 Å². The molecule has 27 heavy (non-hydrogen) atoms. The molecule has 4 rings (SSSR count). The normalized spacial score (nSPS) is 34.4. The SMILES string of the molecule is O=S1C(N2CCC(C(O)C3CCCCCCC3)CC2)=NC2C=NC(Cl)=CC21. The number of piperidine rings is 1. The minimum Gasteiger partial charge on any atom is -0.393 e. The van der Waals surface area contributed by atoms with E-state index < -0.39 is 10.8 Å². The second-order valence-electron chi connectivity index (χ2n) is 8.35. The maximum absolute atomic E-state index is 12.8. The van der Waals surface area contributed by atoms with Gasteiger partial charge in [-0.1, -0.05) is 43.7 Å². The van der Waals surface area contributed by atoms with Gasteiger partial charge >= 0.3 is 0 Å². The van der Waals surface area contributed by atoms with Crippen molar-refractivity contribution in [1.82, 2.24) is 4.90 Å². The number of aliphatic hydroxyl groups excluding tert-OH is 1. The average molecular weight is 412 g/mol. The molecular weight excluding hydrogens is 382 g/mol. The van der Waals surface area contributed by atoms with Crippen LogP contribution < -0.4 is 0 Å².